The third-order valence-corrected chi connectivity index (χ3v) is 2.74. The second-order valence-electron chi connectivity index (χ2n) is 3.33. The van der Waals surface area contributed by atoms with Crippen molar-refractivity contribution >= 4 is 15.9 Å². The van der Waals surface area contributed by atoms with Crippen LogP contribution in [0.3, 0.4) is 0 Å². The van der Waals surface area contributed by atoms with Gasteiger partial charge in [0.15, 0.2) is 12.4 Å². The Morgan fingerprint density at radius 1 is 1.44 bits per heavy atom. The highest BCUT2D eigenvalue weighted by molar-refractivity contribution is 9.10. The van der Waals surface area contributed by atoms with Gasteiger partial charge in [0, 0.05) is 6.20 Å². The molecule has 0 aromatic carbocycles. The van der Waals surface area contributed by atoms with E-state index in [9.17, 15) is 0 Å². The van der Waals surface area contributed by atoms with Crippen LogP contribution in [0.15, 0.2) is 27.3 Å². The van der Waals surface area contributed by atoms with Crippen LogP contribution >= 0.6 is 15.9 Å². The summed E-state index contributed by atoms with van der Waals surface area (Å²) in [6.45, 7) is 4.09. The molecular weight excluding hydrogens is 272 g/mol. The summed E-state index contributed by atoms with van der Waals surface area (Å²) in [5, 5.41) is 0. The maximum atomic E-state index is 5.53. The summed E-state index contributed by atoms with van der Waals surface area (Å²) in [5.41, 5.74) is 0.892. The number of hydrogen-bond donors (Lipinski definition) is 0. The summed E-state index contributed by atoms with van der Waals surface area (Å²) in [6.07, 6.45) is 1.69. The Kier molecular flexibility index (Phi) is 3.24. The molecular formula is C11H11BrN2O2. The van der Waals surface area contributed by atoms with E-state index < -0.39 is 0 Å². The lowest BCUT2D eigenvalue weighted by Crippen LogP contribution is -1.96. The van der Waals surface area contributed by atoms with Gasteiger partial charge in [-0.05, 0) is 41.9 Å². The van der Waals surface area contributed by atoms with Gasteiger partial charge in [0.05, 0.1) is 5.69 Å². The second kappa shape index (κ2) is 4.65. The fourth-order valence-electron chi connectivity index (χ4n) is 1.22. The standard InChI is InChI=1S/C11H11BrN2O2/c1-7-8(2)16-10(14-7)6-15-9-4-3-5-13-11(9)12/h3-5H,6H2,1-2H3. The summed E-state index contributed by atoms with van der Waals surface area (Å²) >= 11 is 3.30. The van der Waals surface area contributed by atoms with Crippen molar-refractivity contribution in [3.63, 3.8) is 0 Å². The largest absolute Gasteiger partial charge is 0.481 e. The van der Waals surface area contributed by atoms with Crippen LogP contribution in [0.1, 0.15) is 17.3 Å². The van der Waals surface area contributed by atoms with Crippen molar-refractivity contribution in [3.05, 3.63) is 40.3 Å². The van der Waals surface area contributed by atoms with Crippen LogP contribution in [0.4, 0.5) is 0 Å². The van der Waals surface area contributed by atoms with Crippen molar-refractivity contribution in [3.8, 4) is 5.75 Å². The van der Waals surface area contributed by atoms with Gasteiger partial charge in [-0.1, -0.05) is 0 Å². The number of halogens is 1. The highest BCUT2D eigenvalue weighted by Gasteiger charge is 2.07. The molecule has 0 bridgehead atoms. The first-order chi connectivity index (χ1) is 7.66. The van der Waals surface area contributed by atoms with Crippen LogP contribution in [0.2, 0.25) is 0 Å². The van der Waals surface area contributed by atoms with Crippen LogP contribution in [0, 0.1) is 13.8 Å². The van der Waals surface area contributed by atoms with Crippen LogP contribution in [-0.4, -0.2) is 9.97 Å². The number of rotatable bonds is 3. The van der Waals surface area contributed by atoms with E-state index in [1.165, 1.54) is 0 Å². The molecule has 0 spiro atoms. The van der Waals surface area contributed by atoms with E-state index in [4.69, 9.17) is 9.15 Å². The first-order valence-electron chi connectivity index (χ1n) is 4.83. The number of nitrogens with zero attached hydrogens (tertiary/aromatic N) is 2. The molecule has 0 aliphatic carbocycles. The Labute approximate surface area is 102 Å². The molecule has 2 aromatic heterocycles. The fraction of sp³-hybridized carbons (Fsp3) is 0.273. The molecule has 0 unspecified atom stereocenters. The van der Waals surface area contributed by atoms with Crippen molar-refractivity contribution < 1.29 is 9.15 Å². The van der Waals surface area contributed by atoms with Crippen molar-refractivity contribution in [2.24, 2.45) is 0 Å². The molecule has 84 valence electrons. The van der Waals surface area contributed by atoms with Gasteiger partial charge in [0.2, 0.25) is 5.89 Å². The van der Waals surface area contributed by atoms with E-state index in [0.717, 1.165) is 11.5 Å². The predicted octanol–water partition coefficient (Wildman–Crippen LogP) is 3.03. The lowest BCUT2D eigenvalue weighted by molar-refractivity contribution is 0.258. The van der Waals surface area contributed by atoms with E-state index in [2.05, 4.69) is 25.9 Å². The molecule has 0 amide bonds. The third kappa shape index (κ3) is 2.41. The van der Waals surface area contributed by atoms with Gasteiger partial charge >= 0.3 is 0 Å². The first-order valence-corrected chi connectivity index (χ1v) is 5.62. The average molecular weight is 283 g/mol. The molecule has 0 aliphatic rings. The summed E-state index contributed by atoms with van der Waals surface area (Å²) in [4.78, 5) is 8.28. The number of aromatic nitrogens is 2. The van der Waals surface area contributed by atoms with Crippen molar-refractivity contribution in [2.75, 3.05) is 0 Å². The highest BCUT2D eigenvalue weighted by atomic mass is 79.9. The van der Waals surface area contributed by atoms with E-state index in [1.807, 2.05) is 26.0 Å². The van der Waals surface area contributed by atoms with E-state index in [0.29, 0.717) is 22.9 Å². The van der Waals surface area contributed by atoms with Crippen LogP contribution < -0.4 is 4.74 Å². The minimum Gasteiger partial charge on any atom is -0.481 e. The molecule has 0 N–H and O–H groups in total. The Bertz CT molecular complexity index is 477. The van der Waals surface area contributed by atoms with E-state index >= 15 is 0 Å². The first kappa shape index (κ1) is 11.1. The zero-order valence-corrected chi connectivity index (χ0v) is 10.6. The zero-order valence-electron chi connectivity index (χ0n) is 9.03. The molecule has 2 heterocycles. The van der Waals surface area contributed by atoms with Crippen molar-refractivity contribution in [2.45, 2.75) is 20.5 Å². The van der Waals surface area contributed by atoms with Gasteiger partial charge in [0.25, 0.3) is 0 Å². The molecule has 0 atom stereocenters. The minimum atomic E-state index is 0.305. The maximum Gasteiger partial charge on any atom is 0.232 e. The molecule has 0 saturated heterocycles. The van der Waals surface area contributed by atoms with Gasteiger partial charge in [-0.15, -0.1) is 0 Å². The zero-order chi connectivity index (χ0) is 11.5. The SMILES string of the molecule is Cc1nc(COc2cccnc2Br)oc1C. The minimum absolute atomic E-state index is 0.305. The molecule has 0 radical (unpaired) electrons. The molecule has 2 aromatic rings. The maximum absolute atomic E-state index is 5.53. The summed E-state index contributed by atoms with van der Waals surface area (Å²) in [6, 6.07) is 3.64. The summed E-state index contributed by atoms with van der Waals surface area (Å²) < 4.78 is 11.6. The second-order valence-corrected chi connectivity index (χ2v) is 4.08. The quantitative estimate of drug-likeness (QED) is 0.812. The Morgan fingerprint density at radius 3 is 2.88 bits per heavy atom. The molecule has 2 rings (SSSR count). The lowest BCUT2D eigenvalue weighted by atomic mass is 10.4. The van der Waals surface area contributed by atoms with Gasteiger partial charge in [-0.25, -0.2) is 9.97 Å². The summed E-state index contributed by atoms with van der Waals surface area (Å²) in [7, 11) is 0. The topological polar surface area (TPSA) is 48.2 Å². The Hall–Kier alpha value is -1.36. The van der Waals surface area contributed by atoms with Gasteiger partial charge < -0.3 is 9.15 Å². The Balaban J connectivity index is 2.05. The molecule has 0 saturated carbocycles. The van der Waals surface area contributed by atoms with Crippen molar-refractivity contribution in [1.29, 1.82) is 0 Å². The smallest absolute Gasteiger partial charge is 0.232 e. The van der Waals surface area contributed by atoms with Crippen LogP contribution in [0.5, 0.6) is 5.75 Å². The number of pyridine rings is 1. The summed E-state index contributed by atoms with van der Waals surface area (Å²) in [5.74, 6) is 2.07. The number of ether oxygens (including phenoxy) is 1. The van der Waals surface area contributed by atoms with E-state index in [-0.39, 0.29) is 0 Å². The van der Waals surface area contributed by atoms with E-state index in [1.54, 1.807) is 6.20 Å². The van der Waals surface area contributed by atoms with Gasteiger partial charge in [0.1, 0.15) is 10.4 Å². The molecule has 16 heavy (non-hydrogen) atoms. The predicted molar refractivity (Wildman–Crippen MR) is 62.2 cm³/mol. The van der Waals surface area contributed by atoms with Crippen LogP contribution in [-0.2, 0) is 6.61 Å². The Morgan fingerprint density at radius 2 is 2.25 bits per heavy atom. The molecule has 0 fully saturated rings. The van der Waals surface area contributed by atoms with Gasteiger partial charge in [-0.2, -0.15) is 0 Å². The average Bonchev–Trinajstić information content (AvgIpc) is 2.57. The molecule has 4 nitrogen and oxygen atoms in total. The molecule has 0 aliphatic heterocycles. The third-order valence-electron chi connectivity index (χ3n) is 2.15. The van der Waals surface area contributed by atoms with Crippen LogP contribution in [0.25, 0.3) is 0 Å². The number of oxazole rings is 1. The number of hydrogen-bond acceptors (Lipinski definition) is 4. The van der Waals surface area contributed by atoms with Gasteiger partial charge in [-0.3, -0.25) is 0 Å². The fourth-order valence-corrected chi connectivity index (χ4v) is 1.58. The lowest BCUT2D eigenvalue weighted by Gasteiger charge is -2.03. The highest BCUT2D eigenvalue weighted by Crippen LogP contribution is 2.22. The number of aryl methyl sites for hydroxylation is 2. The monoisotopic (exact) mass is 282 g/mol. The molecule has 5 heteroatoms. The normalized spacial score (nSPS) is 10.4. The van der Waals surface area contributed by atoms with Crippen molar-refractivity contribution in [1.82, 2.24) is 9.97 Å².